The molecule has 0 radical (unpaired) electrons. The van der Waals surface area contributed by atoms with Gasteiger partial charge in [-0.25, -0.2) is 4.98 Å². The summed E-state index contributed by atoms with van der Waals surface area (Å²) in [7, 11) is 0. The number of imidazole rings is 1. The Bertz CT molecular complexity index is 1080. The standard InChI is InChI=1S/C21H22N4O3S/c1-3-28-16-5-6-17-18(11-16)24-21(23-17)29-12-20(27)22-15-4-7-19-14(10-15)8-9-25(19)13(2)26/h4-7,10-11H,3,8-9,12H2,1-2H3,(H,22,27)(H,23,24). The number of nitrogens with one attached hydrogen (secondary N) is 2. The highest BCUT2D eigenvalue weighted by Gasteiger charge is 2.22. The third kappa shape index (κ3) is 4.22. The summed E-state index contributed by atoms with van der Waals surface area (Å²) in [4.78, 5) is 33.5. The second-order valence-corrected chi connectivity index (χ2v) is 7.72. The summed E-state index contributed by atoms with van der Waals surface area (Å²) in [5, 5.41) is 3.61. The lowest BCUT2D eigenvalue weighted by atomic mass is 10.1. The van der Waals surface area contributed by atoms with Crippen LogP contribution in [0.3, 0.4) is 0 Å². The number of nitrogens with zero attached hydrogens (tertiary/aromatic N) is 2. The molecule has 0 unspecified atom stereocenters. The highest BCUT2D eigenvalue weighted by molar-refractivity contribution is 7.99. The molecule has 2 N–H and O–H groups in total. The first kappa shape index (κ1) is 19.3. The zero-order valence-corrected chi connectivity index (χ0v) is 17.1. The van der Waals surface area contributed by atoms with Crippen LogP contribution in [0.1, 0.15) is 19.4 Å². The Morgan fingerprint density at radius 3 is 2.93 bits per heavy atom. The monoisotopic (exact) mass is 410 g/mol. The minimum absolute atomic E-state index is 0.0381. The van der Waals surface area contributed by atoms with Gasteiger partial charge in [-0.2, -0.15) is 0 Å². The molecular formula is C21H22N4O3S. The van der Waals surface area contributed by atoms with Gasteiger partial charge in [-0.1, -0.05) is 11.8 Å². The summed E-state index contributed by atoms with van der Waals surface area (Å²) >= 11 is 1.35. The van der Waals surface area contributed by atoms with E-state index in [-0.39, 0.29) is 17.6 Å². The molecule has 7 nitrogen and oxygen atoms in total. The maximum atomic E-state index is 12.4. The third-order valence-electron chi connectivity index (χ3n) is 4.72. The molecule has 0 bridgehead atoms. The van der Waals surface area contributed by atoms with Crippen LogP contribution in [0.15, 0.2) is 41.6 Å². The molecule has 29 heavy (non-hydrogen) atoms. The van der Waals surface area contributed by atoms with E-state index in [1.54, 1.807) is 11.8 Å². The molecule has 0 spiro atoms. The van der Waals surface area contributed by atoms with Gasteiger partial charge in [0.15, 0.2) is 5.16 Å². The van der Waals surface area contributed by atoms with Crippen molar-refractivity contribution in [2.75, 3.05) is 29.1 Å². The Balaban J connectivity index is 1.37. The van der Waals surface area contributed by atoms with E-state index >= 15 is 0 Å². The highest BCUT2D eigenvalue weighted by atomic mass is 32.2. The minimum atomic E-state index is -0.105. The number of H-pyrrole nitrogens is 1. The Morgan fingerprint density at radius 2 is 2.14 bits per heavy atom. The molecule has 8 heteroatoms. The molecule has 3 aromatic rings. The molecule has 0 atom stereocenters. The lowest BCUT2D eigenvalue weighted by molar-refractivity contribution is -0.116. The molecule has 1 aliphatic rings. The van der Waals surface area contributed by atoms with E-state index in [0.29, 0.717) is 18.3 Å². The smallest absolute Gasteiger partial charge is 0.234 e. The van der Waals surface area contributed by atoms with Crippen LogP contribution in [0.5, 0.6) is 5.75 Å². The van der Waals surface area contributed by atoms with Crippen molar-refractivity contribution in [3.63, 3.8) is 0 Å². The van der Waals surface area contributed by atoms with Crippen molar-refractivity contribution in [2.45, 2.75) is 25.4 Å². The maximum Gasteiger partial charge on any atom is 0.234 e. The molecule has 1 aliphatic heterocycles. The average Bonchev–Trinajstić information content (AvgIpc) is 3.29. The second kappa shape index (κ2) is 8.16. The van der Waals surface area contributed by atoms with Crippen LogP contribution < -0.4 is 15.0 Å². The van der Waals surface area contributed by atoms with Gasteiger partial charge in [-0.05, 0) is 49.2 Å². The normalized spacial score (nSPS) is 12.8. The second-order valence-electron chi connectivity index (χ2n) is 6.75. The molecule has 4 rings (SSSR count). The Hall–Kier alpha value is -3.00. The largest absolute Gasteiger partial charge is 0.494 e. The fourth-order valence-corrected chi connectivity index (χ4v) is 4.11. The Labute approximate surface area is 172 Å². The van der Waals surface area contributed by atoms with Crippen LogP contribution in [-0.4, -0.2) is 40.7 Å². The summed E-state index contributed by atoms with van der Waals surface area (Å²) in [6, 6.07) is 11.4. The fraction of sp³-hybridized carbons (Fsp3) is 0.286. The SMILES string of the molecule is CCOc1ccc2nc(SCC(=O)Nc3ccc4c(c3)CCN4C(C)=O)[nH]c2c1. The lowest BCUT2D eigenvalue weighted by Crippen LogP contribution is -2.25. The molecule has 0 saturated heterocycles. The molecule has 2 aromatic carbocycles. The fourth-order valence-electron chi connectivity index (χ4n) is 3.43. The van der Waals surface area contributed by atoms with Crippen molar-refractivity contribution in [1.29, 1.82) is 0 Å². The number of carbonyl (C=O) groups excluding carboxylic acids is 2. The summed E-state index contributed by atoms with van der Waals surface area (Å²) in [6.07, 6.45) is 0.802. The van der Waals surface area contributed by atoms with Crippen molar-refractivity contribution in [2.24, 2.45) is 0 Å². The number of aromatic amines is 1. The van der Waals surface area contributed by atoms with Crippen molar-refractivity contribution in [3.05, 3.63) is 42.0 Å². The number of hydrogen-bond donors (Lipinski definition) is 2. The molecule has 2 amide bonds. The topological polar surface area (TPSA) is 87.3 Å². The van der Waals surface area contributed by atoms with Crippen LogP contribution in [0.4, 0.5) is 11.4 Å². The first-order valence-electron chi connectivity index (χ1n) is 9.49. The van der Waals surface area contributed by atoms with E-state index in [1.807, 2.05) is 43.3 Å². The maximum absolute atomic E-state index is 12.4. The molecule has 0 aliphatic carbocycles. The molecule has 1 aromatic heterocycles. The van der Waals surface area contributed by atoms with Crippen molar-refractivity contribution >= 4 is 46.0 Å². The number of rotatable bonds is 6. The summed E-state index contributed by atoms with van der Waals surface area (Å²) < 4.78 is 5.50. The molecule has 150 valence electrons. The van der Waals surface area contributed by atoms with E-state index in [1.165, 1.54) is 11.8 Å². The van der Waals surface area contributed by atoms with E-state index in [9.17, 15) is 9.59 Å². The number of thioether (sulfide) groups is 1. The van der Waals surface area contributed by atoms with Crippen LogP contribution in [0.2, 0.25) is 0 Å². The number of fused-ring (bicyclic) bond motifs is 2. The van der Waals surface area contributed by atoms with Gasteiger partial charge in [0.25, 0.3) is 0 Å². The first-order chi connectivity index (χ1) is 14.0. The number of benzene rings is 2. The summed E-state index contributed by atoms with van der Waals surface area (Å²) in [6.45, 7) is 4.81. The highest BCUT2D eigenvalue weighted by Crippen LogP contribution is 2.30. The number of carbonyl (C=O) groups is 2. The van der Waals surface area contributed by atoms with Crippen molar-refractivity contribution < 1.29 is 14.3 Å². The molecule has 0 fully saturated rings. The van der Waals surface area contributed by atoms with Crippen LogP contribution in [-0.2, 0) is 16.0 Å². The average molecular weight is 410 g/mol. The number of amides is 2. The van der Waals surface area contributed by atoms with Gasteiger partial charge >= 0.3 is 0 Å². The molecular weight excluding hydrogens is 388 g/mol. The third-order valence-corrected chi connectivity index (χ3v) is 5.59. The number of ether oxygens (including phenoxy) is 1. The van der Waals surface area contributed by atoms with Gasteiger partial charge in [0.1, 0.15) is 5.75 Å². The molecule has 2 heterocycles. The lowest BCUT2D eigenvalue weighted by Gasteiger charge is -2.15. The number of hydrogen-bond acceptors (Lipinski definition) is 5. The van der Waals surface area contributed by atoms with E-state index in [0.717, 1.165) is 40.1 Å². The van der Waals surface area contributed by atoms with Crippen LogP contribution in [0.25, 0.3) is 11.0 Å². The van der Waals surface area contributed by atoms with Gasteiger partial charge in [0.05, 0.1) is 23.4 Å². The zero-order chi connectivity index (χ0) is 20.4. The summed E-state index contributed by atoms with van der Waals surface area (Å²) in [5.74, 6) is 0.968. The first-order valence-corrected chi connectivity index (χ1v) is 10.5. The Kier molecular flexibility index (Phi) is 5.44. The zero-order valence-electron chi connectivity index (χ0n) is 16.3. The van der Waals surface area contributed by atoms with Crippen LogP contribution >= 0.6 is 11.8 Å². The van der Waals surface area contributed by atoms with Gasteiger partial charge in [0.2, 0.25) is 11.8 Å². The van der Waals surface area contributed by atoms with Crippen LogP contribution in [0, 0.1) is 0 Å². The van der Waals surface area contributed by atoms with Gasteiger partial charge in [-0.15, -0.1) is 0 Å². The van der Waals surface area contributed by atoms with E-state index < -0.39 is 0 Å². The quantitative estimate of drug-likeness (QED) is 0.606. The van der Waals surface area contributed by atoms with Gasteiger partial charge in [0, 0.05) is 30.9 Å². The minimum Gasteiger partial charge on any atom is -0.494 e. The molecule has 0 saturated carbocycles. The van der Waals surface area contributed by atoms with Crippen molar-refractivity contribution in [3.8, 4) is 5.75 Å². The Morgan fingerprint density at radius 1 is 1.28 bits per heavy atom. The van der Waals surface area contributed by atoms with Gasteiger partial charge < -0.3 is 19.9 Å². The number of aromatic nitrogens is 2. The van der Waals surface area contributed by atoms with E-state index in [2.05, 4.69) is 15.3 Å². The van der Waals surface area contributed by atoms with Gasteiger partial charge in [-0.3, -0.25) is 9.59 Å². The van der Waals surface area contributed by atoms with E-state index in [4.69, 9.17) is 4.74 Å². The van der Waals surface area contributed by atoms with Crippen molar-refractivity contribution in [1.82, 2.24) is 9.97 Å². The number of anilines is 2. The predicted octanol–water partition coefficient (Wildman–Crippen LogP) is 3.60. The summed E-state index contributed by atoms with van der Waals surface area (Å²) in [5.41, 5.74) is 4.47. The predicted molar refractivity (Wildman–Crippen MR) is 115 cm³/mol.